The summed E-state index contributed by atoms with van der Waals surface area (Å²) in [6.45, 7) is 3.74. The van der Waals surface area contributed by atoms with Crippen molar-refractivity contribution in [2.75, 3.05) is 38.2 Å². The number of rotatable bonds is 4. The molecular weight excluding hydrogens is 324 g/mol. The Morgan fingerprint density at radius 1 is 1.20 bits per heavy atom. The van der Waals surface area contributed by atoms with E-state index in [4.69, 9.17) is 4.74 Å². The summed E-state index contributed by atoms with van der Waals surface area (Å²) in [5.41, 5.74) is 1.58. The van der Waals surface area contributed by atoms with E-state index >= 15 is 0 Å². The molecule has 0 aliphatic carbocycles. The summed E-state index contributed by atoms with van der Waals surface area (Å²) < 4.78 is 32.6. The number of ether oxygens (including phenoxy) is 1. The standard InChI is InChI=1S/C19H19F2N3O/c1-25-19-6-5-15(20)11-14(19)13-23-7-9-24(10-8-23)18-4-2-3-17(21)16(18)12-22/h2-6,11H,7-10,13H2,1H3/p+1. The first-order chi connectivity index (χ1) is 12.1. The Labute approximate surface area is 145 Å². The van der Waals surface area contributed by atoms with E-state index < -0.39 is 5.82 Å². The molecule has 2 aromatic carbocycles. The van der Waals surface area contributed by atoms with Gasteiger partial charge < -0.3 is 14.5 Å². The number of halogens is 2. The fraction of sp³-hybridized carbons (Fsp3) is 0.316. The summed E-state index contributed by atoms with van der Waals surface area (Å²) in [5.74, 6) is -0.0697. The molecule has 1 N–H and O–H groups in total. The third-order valence-corrected chi connectivity index (χ3v) is 4.60. The number of piperazine rings is 1. The number of quaternary nitrogens is 1. The zero-order chi connectivity index (χ0) is 17.8. The Kier molecular flexibility index (Phi) is 5.15. The first kappa shape index (κ1) is 17.2. The average molecular weight is 344 g/mol. The molecule has 2 aromatic rings. The van der Waals surface area contributed by atoms with Gasteiger partial charge in [0, 0.05) is 0 Å². The highest BCUT2D eigenvalue weighted by molar-refractivity contribution is 5.60. The molecule has 1 saturated heterocycles. The third kappa shape index (κ3) is 3.72. The van der Waals surface area contributed by atoms with Gasteiger partial charge in [-0.05, 0) is 30.3 Å². The highest BCUT2D eigenvalue weighted by atomic mass is 19.1. The van der Waals surface area contributed by atoms with Crippen molar-refractivity contribution in [1.29, 1.82) is 5.26 Å². The van der Waals surface area contributed by atoms with Gasteiger partial charge in [0.25, 0.3) is 0 Å². The minimum atomic E-state index is -0.487. The van der Waals surface area contributed by atoms with Gasteiger partial charge in [0.1, 0.15) is 35.6 Å². The topological polar surface area (TPSA) is 40.7 Å². The van der Waals surface area contributed by atoms with E-state index in [1.165, 1.54) is 23.1 Å². The Hall–Kier alpha value is -2.65. The quantitative estimate of drug-likeness (QED) is 0.919. The fourth-order valence-electron chi connectivity index (χ4n) is 3.28. The van der Waals surface area contributed by atoms with E-state index in [9.17, 15) is 14.0 Å². The van der Waals surface area contributed by atoms with Crippen LogP contribution in [0.15, 0.2) is 36.4 Å². The van der Waals surface area contributed by atoms with E-state index in [0.29, 0.717) is 31.1 Å². The highest BCUT2D eigenvalue weighted by Crippen LogP contribution is 2.22. The first-order valence-corrected chi connectivity index (χ1v) is 8.22. The number of methoxy groups -OCH3 is 1. The van der Waals surface area contributed by atoms with Crippen LogP contribution < -0.4 is 14.5 Å². The molecule has 130 valence electrons. The van der Waals surface area contributed by atoms with Crippen LogP contribution in [0.2, 0.25) is 0 Å². The Bertz CT molecular complexity index is 796. The molecule has 1 fully saturated rings. The molecule has 1 aliphatic rings. The molecule has 0 atom stereocenters. The Morgan fingerprint density at radius 2 is 1.96 bits per heavy atom. The van der Waals surface area contributed by atoms with Crippen LogP contribution >= 0.6 is 0 Å². The van der Waals surface area contributed by atoms with E-state index in [1.54, 1.807) is 25.3 Å². The van der Waals surface area contributed by atoms with E-state index in [2.05, 4.69) is 0 Å². The normalized spacial score (nSPS) is 15.0. The zero-order valence-corrected chi connectivity index (χ0v) is 14.1. The number of hydrogen-bond donors (Lipinski definition) is 1. The van der Waals surface area contributed by atoms with Gasteiger partial charge in [0.05, 0.1) is 44.5 Å². The second-order valence-corrected chi connectivity index (χ2v) is 6.12. The summed E-state index contributed by atoms with van der Waals surface area (Å²) in [6, 6.07) is 11.2. The molecule has 6 heteroatoms. The third-order valence-electron chi connectivity index (χ3n) is 4.60. The number of anilines is 1. The molecule has 0 radical (unpaired) electrons. The van der Waals surface area contributed by atoms with Crippen molar-refractivity contribution in [3.8, 4) is 11.8 Å². The van der Waals surface area contributed by atoms with Crippen LogP contribution in [0.4, 0.5) is 14.5 Å². The number of benzene rings is 2. The summed E-state index contributed by atoms with van der Waals surface area (Å²) in [4.78, 5) is 3.34. The zero-order valence-electron chi connectivity index (χ0n) is 14.1. The van der Waals surface area contributed by atoms with Gasteiger partial charge in [-0.2, -0.15) is 5.26 Å². The smallest absolute Gasteiger partial charge is 0.143 e. The fourth-order valence-corrected chi connectivity index (χ4v) is 3.28. The van der Waals surface area contributed by atoms with Crippen LogP contribution in [0.1, 0.15) is 11.1 Å². The molecule has 0 unspecified atom stereocenters. The molecule has 0 bridgehead atoms. The molecular formula is C19H20F2N3O+. The second-order valence-electron chi connectivity index (χ2n) is 6.12. The molecule has 0 saturated carbocycles. The van der Waals surface area contributed by atoms with Crippen LogP contribution in [0.3, 0.4) is 0 Å². The number of nitrogens with one attached hydrogen (secondary N) is 1. The van der Waals surface area contributed by atoms with Crippen molar-refractivity contribution < 1.29 is 18.4 Å². The first-order valence-electron chi connectivity index (χ1n) is 8.22. The Morgan fingerprint density at radius 3 is 2.64 bits per heavy atom. The van der Waals surface area contributed by atoms with Gasteiger partial charge in [-0.15, -0.1) is 0 Å². The lowest BCUT2D eigenvalue weighted by atomic mass is 10.1. The van der Waals surface area contributed by atoms with Gasteiger partial charge in [-0.3, -0.25) is 0 Å². The average Bonchev–Trinajstić information content (AvgIpc) is 2.62. The lowest BCUT2D eigenvalue weighted by Gasteiger charge is -2.34. The van der Waals surface area contributed by atoms with Crippen molar-refractivity contribution in [2.45, 2.75) is 6.54 Å². The SMILES string of the molecule is COc1ccc(F)cc1C[NH+]1CCN(c2cccc(F)c2C#N)CC1. The van der Waals surface area contributed by atoms with Crippen molar-refractivity contribution in [3.63, 3.8) is 0 Å². The van der Waals surface area contributed by atoms with Crippen molar-refractivity contribution >= 4 is 5.69 Å². The molecule has 25 heavy (non-hydrogen) atoms. The van der Waals surface area contributed by atoms with Crippen LogP contribution in [0.5, 0.6) is 5.75 Å². The summed E-state index contributed by atoms with van der Waals surface area (Å²) in [6.07, 6.45) is 0. The Balaban J connectivity index is 1.68. The summed E-state index contributed by atoms with van der Waals surface area (Å²) >= 11 is 0. The molecule has 3 rings (SSSR count). The predicted molar refractivity (Wildman–Crippen MR) is 90.7 cm³/mol. The minimum Gasteiger partial charge on any atom is -0.496 e. The maximum atomic E-state index is 13.8. The van der Waals surface area contributed by atoms with E-state index in [1.807, 2.05) is 11.0 Å². The molecule has 0 spiro atoms. The maximum absolute atomic E-state index is 13.8. The van der Waals surface area contributed by atoms with Crippen LogP contribution in [-0.2, 0) is 6.54 Å². The van der Waals surface area contributed by atoms with Gasteiger partial charge in [-0.1, -0.05) is 6.07 Å². The van der Waals surface area contributed by atoms with Crippen LogP contribution in [-0.4, -0.2) is 33.3 Å². The van der Waals surface area contributed by atoms with Crippen LogP contribution in [0.25, 0.3) is 0 Å². The number of nitriles is 1. The van der Waals surface area contributed by atoms with Crippen molar-refractivity contribution in [1.82, 2.24) is 0 Å². The van der Waals surface area contributed by atoms with Gasteiger partial charge >= 0.3 is 0 Å². The highest BCUT2D eigenvalue weighted by Gasteiger charge is 2.24. The minimum absolute atomic E-state index is 0.0951. The largest absolute Gasteiger partial charge is 0.496 e. The molecule has 0 aromatic heterocycles. The van der Waals surface area contributed by atoms with E-state index in [0.717, 1.165) is 18.7 Å². The van der Waals surface area contributed by atoms with Crippen molar-refractivity contribution in [3.05, 3.63) is 59.2 Å². The molecule has 4 nitrogen and oxygen atoms in total. The van der Waals surface area contributed by atoms with E-state index in [-0.39, 0.29) is 11.4 Å². The molecule has 0 amide bonds. The number of hydrogen-bond acceptors (Lipinski definition) is 3. The second kappa shape index (κ2) is 7.49. The summed E-state index contributed by atoms with van der Waals surface area (Å²) in [5, 5.41) is 9.19. The molecule has 1 heterocycles. The van der Waals surface area contributed by atoms with Crippen LogP contribution in [0, 0.1) is 23.0 Å². The van der Waals surface area contributed by atoms with Gasteiger partial charge in [0.2, 0.25) is 0 Å². The predicted octanol–water partition coefficient (Wildman–Crippen LogP) is 1.75. The number of nitrogens with zero attached hydrogens (tertiary/aromatic N) is 2. The molecule has 1 aliphatic heterocycles. The monoisotopic (exact) mass is 344 g/mol. The summed E-state index contributed by atoms with van der Waals surface area (Å²) in [7, 11) is 1.58. The maximum Gasteiger partial charge on any atom is 0.143 e. The lowest BCUT2D eigenvalue weighted by Crippen LogP contribution is -3.13. The van der Waals surface area contributed by atoms with Gasteiger partial charge in [0.15, 0.2) is 0 Å². The van der Waals surface area contributed by atoms with Crippen molar-refractivity contribution in [2.24, 2.45) is 0 Å². The lowest BCUT2D eigenvalue weighted by molar-refractivity contribution is -0.914. The van der Waals surface area contributed by atoms with Gasteiger partial charge in [-0.25, -0.2) is 8.78 Å².